The Balaban J connectivity index is 2.01. The molecular weight excluding hydrogens is 244 g/mol. The molecule has 20 heavy (non-hydrogen) atoms. The molecule has 0 aliphatic carbocycles. The maximum atomic E-state index is 3.53. The molecule has 2 aromatic carbocycles. The Labute approximate surface area is 118 Å². The van der Waals surface area contributed by atoms with Crippen LogP contribution < -0.4 is 5.32 Å². The molecule has 4 rings (SSSR count). The summed E-state index contributed by atoms with van der Waals surface area (Å²) in [6.07, 6.45) is 6.39. The fourth-order valence-electron chi connectivity index (χ4n) is 2.63. The first-order valence-corrected chi connectivity index (χ1v) is 6.72. The van der Waals surface area contributed by atoms with Gasteiger partial charge in [0.1, 0.15) is 0 Å². The van der Waals surface area contributed by atoms with Crippen molar-refractivity contribution in [3.63, 3.8) is 0 Å². The van der Waals surface area contributed by atoms with Crippen LogP contribution >= 0.6 is 0 Å². The van der Waals surface area contributed by atoms with Crippen LogP contribution in [-0.4, -0.2) is 4.57 Å². The van der Waals surface area contributed by atoms with Crippen LogP contribution in [0.15, 0.2) is 73.1 Å². The van der Waals surface area contributed by atoms with Crippen molar-refractivity contribution >= 4 is 23.1 Å². The average Bonchev–Trinajstić information content (AvgIpc) is 2.96. The number of anilines is 2. The van der Waals surface area contributed by atoms with E-state index < -0.39 is 0 Å². The lowest BCUT2D eigenvalue weighted by molar-refractivity contribution is 1.12. The van der Waals surface area contributed by atoms with E-state index in [0.717, 1.165) is 11.4 Å². The van der Waals surface area contributed by atoms with E-state index >= 15 is 0 Å². The first-order valence-electron chi connectivity index (χ1n) is 6.72. The summed E-state index contributed by atoms with van der Waals surface area (Å²) in [5, 5.41) is 3.53. The van der Waals surface area contributed by atoms with Gasteiger partial charge in [-0.3, -0.25) is 0 Å². The highest BCUT2D eigenvalue weighted by Gasteiger charge is 2.14. The van der Waals surface area contributed by atoms with Crippen molar-refractivity contribution in [3.05, 3.63) is 84.2 Å². The van der Waals surface area contributed by atoms with Crippen molar-refractivity contribution < 1.29 is 0 Å². The molecular formula is C18H14N2. The second-order valence-electron chi connectivity index (χ2n) is 4.88. The van der Waals surface area contributed by atoms with Crippen LogP contribution in [0.5, 0.6) is 0 Å². The van der Waals surface area contributed by atoms with E-state index in [0.29, 0.717) is 0 Å². The minimum absolute atomic E-state index is 1.14. The Hall–Kier alpha value is -2.74. The van der Waals surface area contributed by atoms with Gasteiger partial charge in [0.2, 0.25) is 0 Å². The molecule has 0 amide bonds. The van der Waals surface area contributed by atoms with E-state index in [1.54, 1.807) is 0 Å². The maximum Gasteiger partial charge on any atom is 0.0549 e. The van der Waals surface area contributed by atoms with Crippen LogP contribution in [0.1, 0.15) is 11.1 Å². The van der Waals surface area contributed by atoms with Gasteiger partial charge >= 0.3 is 0 Å². The third-order valence-electron chi connectivity index (χ3n) is 3.61. The van der Waals surface area contributed by atoms with Crippen molar-refractivity contribution in [2.75, 3.05) is 5.32 Å². The Morgan fingerprint density at radius 2 is 1.40 bits per heavy atom. The van der Waals surface area contributed by atoms with E-state index in [4.69, 9.17) is 0 Å². The summed E-state index contributed by atoms with van der Waals surface area (Å²) < 4.78 is 2.16. The highest BCUT2D eigenvalue weighted by molar-refractivity contribution is 5.94. The minimum Gasteiger partial charge on any atom is -0.354 e. The molecule has 96 valence electrons. The lowest BCUT2D eigenvalue weighted by atomic mass is 10.1. The van der Waals surface area contributed by atoms with Crippen LogP contribution in [0.3, 0.4) is 0 Å². The van der Waals surface area contributed by atoms with Gasteiger partial charge < -0.3 is 9.88 Å². The average molecular weight is 258 g/mol. The van der Waals surface area contributed by atoms with Crippen molar-refractivity contribution in [2.24, 2.45) is 0 Å². The summed E-state index contributed by atoms with van der Waals surface area (Å²) in [7, 11) is 0. The molecule has 0 saturated carbocycles. The summed E-state index contributed by atoms with van der Waals surface area (Å²) in [6, 6.07) is 20.9. The van der Waals surface area contributed by atoms with Crippen molar-refractivity contribution in [2.45, 2.75) is 0 Å². The number of hydrogen-bond acceptors (Lipinski definition) is 1. The van der Waals surface area contributed by atoms with Gasteiger partial charge in [-0.15, -0.1) is 0 Å². The van der Waals surface area contributed by atoms with Gasteiger partial charge in [-0.05, 0) is 30.3 Å². The van der Waals surface area contributed by atoms with Crippen LogP contribution in [0, 0.1) is 0 Å². The summed E-state index contributed by atoms with van der Waals surface area (Å²) in [5.41, 5.74) is 5.87. The number of fused-ring (bicyclic) bond motifs is 2. The van der Waals surface area contributed by atoms with E-state index in [9.17, 15) is 0 Å². The van der Waals surface area contributed by atoms with Crippen molar-refractivity contribution in [1.29, 1.82) is 0 Å². The van der Waals surface area contributed by atoms with Crippen LogP contribution in [0.2, 0.25) is 0 Å². The van der Waals surface area contributed by atoms with Crippen LogP contribution in [0.4, 0.5) is 11.4 Å². The first-order chi connectivity index (χ1) is 9.92. The molecule has 0 atom stereocenters. The number of aromatic nitrogens is 1. The molecule has 0 unspecified atom stereocenters. The van der Waals surface area contributed by atoms with Gasteiger partial charge in [-0.25, -0.2) is 0 Å². The molecule has 0 bridgehead atoms. The number of para-hydroxylation sites is 2. The number of rotatable bonds is 1. The third kappa shape index (κ3) is 1.74. The minimum atomic E-state index is 1.14. The molecule has 3 aromatic rings. The molecule has 0 spiro atoms. The molecule has 1 aliphatic rings. The summed E-state index contributed by atoms with van der Waals surface area (Å²) in [6.45, 7) is 0. The lowest BCUT2D eigenvalue weighted by Gasteiger charge is -2.12. The Bertz CT molecular complexity index is 783. The lowest BCUT2D eigenvalue weighted by Crippen LogP contribution is -1.97. The van der Waals surface area contributed by atoms with Crippen LogP contribution in [-0.2, 0) is 0 Å². The molecule has 2 heterocycles. The number of nitrogens with one attached hydrogen (secondary N) is 1. The fourth-order valence-corrected chi connectivity index (χ4v) is 2.63. The fraction of sp³-hybridized carbons (Fsp3) is 0. The predicted molar refractivity (Wildman–Crippen MR) is 83.9 cm³/mol. The normalized spacial score (nSPS) is 12.7. The maximum absolute atomic E-state index is 3.53. The van der Waals surface area contributed by atoms with Crippen molar-refractivity contribution in [3.8, 4) is 0 Å². The van der Waals surface area contributed by atoms with E-state index in [1.165, 1.54) is 16.8 Å². The molecule has 0 fully saturated rings. The smallest absolute Gasteiger partial charge is 0.0549 e. The first kappa shape index (κ1) is 11.1. The Morgan fingerprint density at radius 1 is 0.700 bits per heavy atom. The molecule has 0 radical (unpaired) electrons. The molecule has 1 N–H and O–H groups in total. The summed E-state index contributed by atoms with van der Waals surface area (Å²) in [5.74, 6) is 0. The summed E-state index contributed by atoms with van der Waals surface area (Å²) in [4.78, 5) is 0. The van der Waals surface area contributed by atoms with Crippen molar-refractivity contribution in [1.82, 2.24) is 4.57 Å². The van der Waals surface area contributed by atoms with E-state index in [2.05, 4.69) is 76.9 Å². The zero-order chi connectivity index (χ0) is 13.4. The zero-order valence-corrected chi connectivity index (χ0v) is 11.0. The standard InChI is InChI=1S/C18H14N2/c1-3-9-16-14(7-1)13-18(20-11-5-6-12-20)15-8-2-4-10-17(15)19-16/h1-13,19H. The quantitative estimate of drug-likeness (QED) is 0.528. The van der Waals surface area contributed by atoms with E-state index in [1.807, 2.05) is 12.1 Å². The Morgan fingerprint density at radius 3 is 2.25 bits per heavy atom. The largest absolute Gasteiger partial charge is 0.354 e. The molecule has 1 aliphatic heterocycles. The van der Waals surface area contributed by atoms with Gasteiger partial charge in [-0.1, -0.05) is 36.4 Å². The Kier molecular flexibility index (Phi) is 2.46. The predicted octanol–water partition coefficient (Wildman–Crippen LogP) is 4.59. The molecule has 0 saturated heterocycles. The number of hydrogen-bond donors (Lipinski definition) is 1. The molecule has 2 heteroatoms. The van der Waals surface area contributed by atoms with Gasteiger partial charge in [0.15, 0.2) is 0 Å². The number of nitrogens with zero attached hydrogens (tertiary/aromatic N) is 1. The highest BCUT2D eigenvalue weighted by Crippen LogP contribution is 2.35. The topological polar surface area (TPSA) is 17.0 Å². The zero-order valence-electron chi connectivity index (χ0n) is 11.0. The van der Waals surface area contributed by atoms with Gasteiger partial charge in [0.05, 0.1) is 5.70 Å². The molecule has 2 nitrogen and oxygen atoms in total. The van der Waals surface area contributed by atoms with Gasteiger partial charge in [-0.2, -0.15) is 0 Å². The van der Waals surface area contributed by atoms with Gasteiger partial charge in [0.25, 0.3) is 0 Å². The van der Waals surface area contributed by atoms with E-state index in [-0.39, 0.29) is 0 Å². The highest BCUT2D eigenvalue weighted by atomic mass is 15.0. The monoisotopic (exact) mass is 258 g/mol. The third-order valence-corrected chi connectivity index (χ3v) is 3.61. The second kappa shape index (κ2) is 4.42. The summed E-state index contributed by atoms with van der Waals surface area (Å²) >= 11 is 0. The number of benzene rings is 2. The second-order valence-corrected chi connectivity index (χ2v) is 4.88. The van der Waals surface area contributed by atoms with Crippen LogP contribution in [0.25, 0.3) is 11.8 Å². The van der Waals surface area contributed by atoms with Gasteiger partial charge in [0, 0.05) is 34.9 Å². The molecule has 1 aromatic heterocycles. The SMILES string of the molecule is C1=C(n2cccc2)c2ccccc2Nc2ccccc21.